The second kappa shape index (κ2) is 16.5. The average molecular weight is 483 g/mol. The van der Waals surface area contributed by atoms with Gasteiger partial charge in [0.05, 0.1) is 31.1 Å². The number of hydrogen-bond donors (Lipinski definition) is 4. The van der Waals surface area contributed by atoms with Crippen molar-refractivity contribution in [1.29, 1.82) is 0 Å². The highest BCUT2D eigenvalue weighted by atomic mass is 32.2. The molecule has 0 amide bonds. The first-order valence-electron chi connectivity index (χ1n) is 11.0. The predicted octanol–water partition coefficient (Wildman–Crippen LogP) is 3.32. The molecule has 0 aliphatic carbocycles. The van der Waals surface area contributed by atoms with Crippen LogP contribution in [-0.4, -0.2) is 58.5 Å². The van der Waals surface area contributed by atoms with E-state index in [2.05, 4.69) is 36.2 Å². The highest BCUT2D eigenvalue weighted by Gasteiger charge is 2.21. The Labute approximate surface area is 202 Å². The molecule has 7 N–H and O–H groups in total. The normalized spacial score (nSPS) is 11.4. The Morgan fingerprint density at radius 3 is 2.30 bits per heavy atom. The molecule has 0 atom stereocenters. The van der Waals surface area contributed by atoms with Crippen LogP contribution in [0.2, 0.25) is 0 Å². The van der Waals surface area contributed by atoms with Gasteiger partial charge in [-0.05, 0) is 43.7 Å². The number of thioether (sulfide) groups is 1. The van der Waals surface area contributed by atoms with Crippen LogP contribution in [0.3, 0.4) is 0 Å². The molecule has 0 unspecified atom stereocenters. The van der Waals surface area contributed by atoms with Gasteiger partial charge in [-0.1, -0.05) is 51.6 Å². The van der Waals surface area contributed by atoms with Crippen LogP contribution in [0.15, 0.2) is 45.8 Å². The summed E-state index contributed by atoms with van der Waals surface area (Å²) in [6.07, 6.45) is 3.46. The van der Waals surface area contributed by atoms with E-state index in [0.29, 0.717) is 35.9 Å². The third-order valence-corrected chi connectivity index (χ3v) is 4.84. The van der Waals surface area contributed by atoms with Crippen molar-refractivity contribution in [2.24, 2.45) is 17.3 Å². The summed E-state index contributed by atoms with van der Waals surface area (Å²) < 4.78 is 10.6. The number of nitrogens with two attached hydrogens (primary N) is 3. The summed E-state index contributed by atoms with van der Waals surface area (Å²) in [6, 6.07) is 8.24. The summed E-state index contributed by atoms with van der Waals surface area (Å²) in [4.78, 5) is 0. The lowest BCUT2D eigenvalue weighted by molar-refractivity contribution is 0.0935. The van der Waals surface area contributed by atoms with E-state index in [1.165, 1.54) is 22.3 Å². The first kappa shape index (κ1) is 30.9. The van der Waals surface area contributed by atoms with E-state index in [1.54, 1.807) is 20.0 Å². The van der Waals surface area contributed by atoms with E-state index >= 15 is 0 Å². The molecule has 0 spiro atoms. The Morgan fingerprint density at radius 1 is 1.24 bits per heavy atom. The van der Waals surface area contributed by atoms with E-state index in [0.717, 1.165) is 5.56 Å². The van der Waals surface area contributed by atoms with Crippen molar-refractivity contribution in [3.63, 3.8) is 0 Å². The minimum Gasteiger partial charge on any atom is -0.411 e. The van der Waals surface area contributed by atoms with Crippen LogP contribution >= 0.6 is 11.8 Å². The van der Waals surface area contributed by atoms with Crippen LogP contribution < -0.4 is 17.3 Å². The van der Waals surface area contributed by atoms with Gasteiger partial charge in [0, 0.05) is 18.3 Å². The zero-order valence-electron chi connectivity index (χ0n) is 21.0. The van der Waals surface area contributed by atoms with Gasteiger partial charge in [0.2, 0.25) is 5.89 Å². The minimum absolute atomic E-state index is 0.0586. The van der Waals surface area contributed by atoms with E-state index in [9.17, 15) is 0 Å². The Bertz CT molecular complexity index is 794. The Hall–Kier alpha value is -2.11. The zero-order chi connectivity index (χ0) is 25.4. The summed E-state index contributed by atoms with van der Waals surface area (Å²) in [5.41, 5.74) is 13.1. The van der Waals surface area contributed by atoms with Gasteiger partial charge in [-0.15, -0.1) is 10.2 Å². The predicted molar refractivity (Wildman–Crippen MR) is 136 cm³/mol. The minimum atomic E-state index is -0.543. The molecule has 0 fully saturated rings. The van der Waals surface area contributed by atoms with Crippen molar-refractivity contribution in [3.8, 4) is 11.5 Å². The molecule has 33 heavy (non-hydrogen) atoms. The van der Waals surface area contributed by atoms with Gasteiger partial charge in [0.25, 0.3) is 5.22 Å². The van der Waals surface area contributed by atoms with Crippen LogP contribution in [0, 0.1) is 0 Å². The van der Waals surface area contributed by atoms with Gasteiger partial charge in [-0.25, -0.2) is 5.84 Å². The van der Waals surface area contributed by atoms with E-state index in [1.807, 2.05) is 32.2 Å². The topological polar surface area (TPSA) is 150 Å². The van der Waals surface area contributed by atoms with Crippen molar-refractivity contribution in [3.05, 3.63) is 41.7 Å². The molecule has 0 saturated heterocycles. The molecule has 1 aromatic carbocycles. The molecule has 2 rings (SSSR count). The second-order valence-corrected chi connectivity index (χ2v) is 8.53. The number of aromatic nitrogens is 2. The third-order valence-electron chi connectivity index (χ3n) is 4.33. The van der Waals surface area contributed by atoms with E-state index in [4.69, 9.17) is 31.6 Å². The lowest BCUT2D eigenvalue weighted by Crippen LogP contribution is -2.48. The maximum absolute atomic E-state index is 9.05. The molecule has 0 radical (unpaired) electrons. The van der Waals surface area contributed by atoms with Crippen LogP contribution in [0.1, 0.15) is 53.0 Å². The van der Waals surface area contributed by atoms with Gasteiger partial charge in [-0.2, -0.15) is 0 Å². The number of aliphatic hydroxyl groups is 1. The fourth-order valence-electron chi connectivity index (χ4n) is 2.17. The number of nitrogens with zero attached hydrogens (tertiary/aromatic N) is 3. The largest absolute Gasteiger partial charge is 0.411 e. The summed E-state index contributed by atoms with van der Waals surface area (Å²) >= 11 is 1.45. The smallest absolute Gasteiger partial charge is 0.276 e. The summed E-state index contributed by atoms with van der Waals surface area (Å²) in [5, 5.41) is 18.9. The molecule has 188 valence electrons. The number of aliphatic hydroxyl groups excluding tert-OH is 1. The monoisotopic (exact) mass is 482 g/mol. The summed E-state index contributed by atoms with van der Waals surface area (Å²) in [7, 11) is 0. The van der Waals surface area contributed by atoms with E-state index < -0.39 is 5.54 Å². The molecular formula is C23H42N6O3S. The zero-order valence-corrected chi connectivity index (χ0v) is 21.9. The number of rotatable bonds is 10. The van der Waals surface area contributed by atoms with Gasteiger partial charge in [-0.3, -0.25) is 0 Å². The average Bonchev–Trinajstić information content (AvgIpc) is 3.30. The van der Waals surface area contributed by atoms with Gasteiger partial charge in [0.15, 0.2) is 0 Å². The van der Waals surface area contributed by atoms with Crippen LogP contribution in [0.5, 0.6) is 0 Å². The summed E-state index contributed by atoms with van der Waals surface area (Å²) in [6.45, 7) is 13.1. The SMILES string of the molecule is CC.CC(C)(CO)N(N)/C=C(\N)COCCN.CSc1nnc(-c2ccc(C(C)C)cc2)o1. The van der Waals surface area contributed by atoms with Crippen molar-refractivity contribution in [1.82, 2.24) is 15.2 Å². The van der Waals surface area contributed by atoms with Crippen molar-refractivity contribution in [2.75, 3.05) is 32.6 Å². The van der Waals surface area contributed by atoms with Crippen molar-refractivity contribution in [2.45, 2.75) is 58.2 Å². The maximum atomic E-state index is 9.05. The molecule has 1 aromatic heterocycles. The molecule has 0 aliphatic heterocycles. The van der Waals surface area contributed by atoms with Crippen LogP contribution in [-0.2, 0) is 4.74 Å². The lowest BCUT2D eigenvalue weighted by atomic mass is 10.0. The van der Waals surface area contributed by atoms with Gasteiger partial charge in [0.1, 0.15) is 0 Å². The Morgan fingerprint density at radius 2 is 1.85 bits per heavy atom. The lowest BCUT2D eigenvalue weighted by Gasteiger charge is -2.32. The highest BCUT2D eigenvalue weighted by Crippen LogP contribution is 2.23. The quantitative estimate of drug-likeness (QED) is 0.172. The van der Waals surface area contributed by atoms with Crippen LogP contribution in [0.25, 0.3) is 11.5 Å². The second-order valence-electron chi connectivity index (χ2n) is 7.78. The molecule has 0 aliphatic rings. The standard InChI is InChI=1S/C12H14N2OS.C9H22N4O2.C2H6/c1-8(2)9-4-6-10(7-5-9)11-13-14-12(15-11)16-3;1-9(2,7-14)13(12)5-8(11)6-15-4-3-10;1-2/h4-8H,1-3H3;5,14H,3-4,6-7,10-12H2,1-2H3;1-2H3/b;8-5-;. The first-order chi connectivity index (χ1) is 15.6. The Balaban J connectivity index is 0.000000579. The van der Waals surface area contributed by atoms with Gasteiger partial charge >= 0.3 is 0 Å². The number of hydrogen-bond acceptors (Lipinski definition) is 10. The summed E-state index contributed by atoms with van der Waals surface area (Å²) in [5.74, 6) is 6.83. The molecule has 0 saturated carbocycles. The fourth-order valence-corrected chi connectivity index (χ4v) is 2.45. The van der Waals surface area contributed by atoms with Crippen LogP contribution in [0.4, 0.5) is 0 Å². The van der Waals surface area contributed by atoms with Gasteiger partial charge < -0.3 is 30.7 Å². The number of ether oxygens (including phenoxy) is 1. The molecule has 0 bridgehead atoms. The number of benzene rings is 1. The molecular weight excluding hydrogens is 440 g/mol. The molecule has 1 heterocycles. The Kier molecular flexibility index (Phi) is 15.4. The number of hydrazine groups is 1. The molecule has 2 aromatic rings. The maximum Gasteiger partial charge on any atom is 0.276 e. The third kappa shape index (κ3) is 11.5. The van der Waals surface area contributed by atoms with Crippen molar-refractivity contribution < 1.29 is 14.3 Å². The van der Waals surface area contributed by atoms with Crippen molar-refractivity contribution >= 4 is 11.8 Å². The highest BCUT2D eigenvalue weighted by molar-refractivity contribution is 7.98. The fraction of sp³-hybridized carbons (Fsp3) is 0.565. The molecule has 10 heteroatoms. The first-order valence-corrected chi connectivity index (χ1v) is 12.2. The molecule has 9 nitrogen and oxygen atoms in total. The van der Waals surface area contributed by atoms with E-state index in [-0.39, 0.29) is 13.2 Å².